The highest BCUT2D eigenvalue weighted by atomic mass is 16.6. The quantitative estimate of drug-likeness (QED) is 0.396. The molecular weight excluding hydrogens is 430 g/mol. The van der Waals surface area contributed by atoms with Gasteiger partial charge in [0.2, 0.25) is 11.9 Å². The van der Waals surface area contributed by atoms with Gasteiger partial charge >= 0.3 is 6.09 Å². The summed E-state index contributed by atoms with van der Waals surface area (Å²) in [5.74, 6) is 2.78. The third kappa shape index (κ3) is 5.40. The van der Waals surface area contributed by atoms with Crippen molar-refractivity contribution >= 4 is 28.8 Å². The van der Waals surface area contributed by atoms with Crippen molar-refractivity contribution < 1.29 is 14.3 Å². The van der Waals surface area contributed by atoms with Crippen LogP contribution in [0.15, 0.2) is 66.7 Å². The first-order valence-electron chi connectivity index (χ1n) is 11.3. The number of nitrogens with zero attached hydrogens (tertiary/aromatic N) is 4. The second-order valence-corrected chi connectivity index (χ2v) is 7.38. The lowest BCUT2D eigenvalue weighted by atomic mass is 10.1. The van der Waals surface area contributed by atoms with E-state index in [1.165, 1.54) is 10.3 Å². The van der Waals surface area contributed by atoms with Gasteiger partial charge < -0.3 is 14.8 Å². The van der Waals surface area contributed by atoms with Crippen molar-refractivity contribution in [3.8, 4) is 11.5 Å². The number of benzene rings is 3. The van der Waals surface area contributed by atoms with E-state index < -0.39 is 6.09 Å². The summed E-state index contributed by atoms with van der Waals surface area (Å²) in [6.45, 7) is 7.04. The second kappa shape index (κ2) is 10.6. The Labute approximate surface area is 198 Å². The number of anilines is 2. The lowest BCUT2D eigenvalue weighted by molar-refractivity contribution is 0.181. The summed E-state index contributed by atoms with van der Waals surface area (Å²) in [7, 11) is 0. The number of hydrogen-bond acceptors (Lipinski definition) is 7. The summed E-state index contributed by atoms with van der Waals surface area (Å²) in [4.78, 5) is 26.1. The largest absolute Gasteiger partial charge is 0.457 e. The van der Waals surface area contributed by atoms with Crippen molar-refractivity contribution in [1.82, 2.24) is 15.0 Å². The van der Waals surface area contributed by atoms with E-state index in [2.05, 4.69) is 38.5 Å². The van der Waals surface area contributed by atoms with Gasteiger partial charge in [-0.3, -0.25) is 0 Å². The smallest absolute Gasteiger partial charge is 0.416 e. The Bertz CT molecular complexity index is 1280. The number of aryl methyl sites for hydroxylation is 1. The zero-order chi connectivity index (χ0) is 23.9. The topological polar surface area (TPSA) is 89.5 Å². The first-order chi connectivity index (χ1) is 16.6. The van der Waals surface area contributed by atoms with Crippen molar-refractivity contribution in [2.45, 2.75) is 27.3 Å². The summed E-state index contributed by atoms with van der Waals surface area (Å²) in [5.41, 5.74) is 1.04. The molecule has 1 aliphatic rings. The molecule has 1 aliphatic heterocycles. The van der Waals surface area contributed by atoms with Crippen LogP contribution in [0.3, 0.4) is 0 Å². The van der Waals surface area contributed by atoms with Gasteiger partial charge in [0.15, 0.2) is 0 Å². The van der Waals surface area contributed by atoms with Gasteiger partial charge in [0.1, 0.15) is 23.9 Å². The standard InChI is InChI=1S/C24H21N5O3.C2H6/c1-16-26-22(28-23(27-16)29-12-13-31-24(29)30)25-15-17-6-9-20(10-7-17)32-21-11-8-18-4-2-3-5-19(18)14-21;1-2/h2-11,14H,12-13,15H2,1H3,(H,25,26,27,28);1-2H3. The van der Waals surface area contributed by atoms with Crippen LogP contribution in [0.2, 0.25) is 0 Å². The fraction of sp³-hybridized carbons (Fsp3) is 0.231. The van der Waals surface area contributed by atoms with Crippen molar-refractivity contribution in [1.29, 1.82) is 0 Å². The summed E-state index contributed by atoms with van der Waals surface area (Å²) in [6, 6.07) is 22.1. The highest BCUT2D eigenvalue weighted by molar-refractivity contribution is 5.87. The molecule has 1 aromatic heterocycles. The highest BCUT2D eigenvalue weighted by Crippen LogP contribution is 2.26. The number of ether oxygens (including phenoxy) is 2. The Morgan fingerprint density at radius 1 is 0.941 bits per heavy atom. The molecule has 8 nitrogen and oxygen atoms in total. The molecule has 4 aromatic rings. The highest BCUT2D eigenvalue weighted by Gasteiger charge is 2.26. The number of carbonyl (C=O) groups excluding carboxylic acids is 1. The molecular formula is C26H27N5O3. The fourth-order valence-electron chi connectivity index (χ4n) is 3.47. The van der Waals surface area contributed by atoms with E-state index in [1.807, 2.05) is 62.4 Å². The van der Waals surface area contributed by atoms with Crippen LogP contribution in [0.1, 0.15) is 25.2 Å². The van der Waals surface area contributed by atoms with Crippen LogP contribution >= 0.6 is 0 Å². The van der Waals surface area contributed by atoms with E-state index in [9.17, 15) is 4.79 Å². The molecule has 1 amide bonds. The second-order valence-electron chi connectivity index (χ2n) is 7.38. The number of hydrogen-bond donors (Lipinski definition) is 1. The number of amides is 1. The van der Waals surface area contributed by atoms with Crippen LogP contribution in [0, 0.1) is 6.92 Å². The molecule has 1 fully saturated rings. The molecule has 1 saturated heterocycles. The summed E-state index contributed by atoms with van der Waals surface area (Å²) in [6.07, 6.45) is -0.441. The fourth-order valence-corrected chi connectivity index (χ4v) is 3.47. The molecule has 3 aromatic carbocycles. The van der Waals surface area contributed by atoms with E-state index in [0.717, 1.165) is 22.4 Å². The van der Waals surface area contributed by atoms with Crippen molar-refractivity contribution in [2.24, 2.45) is 0 Å². The van der Waals surface area contributed by atoms with Crippen molar-refractivity contribution in [3.05, 3.63) is 78.1 Å². The maximum Gasteiger partial charge on any atom is 0.416 e. The minimum Gasteiger partial charge on any atom is -0.457 e. The van der Waals surface area contributed by atoms with E-state index in [1.54, 1.807) is 6.92 Å². The number of cyclic esters (lactones) is 1. The van der Waals surface area contributed by atoms with Crippen LogP contribution in [-0.4, -0.2) is 34.2 Å². The first kappa shape index (κ1) is 23.0. The molecule has 0 aliphatic carbocycles. The number of carbonyl (C=O) groups is 1. The minimum absolute atomic E-state index is 0.293. The summed E-state index contributed by atoms with van der Waals surface area (Å²) in [5, 5.41) is 5.51. The van der Waals surface area contributed by atoms with Crippen LogP contribution in [0.4, 0.5) is 16.7 Å². The van der Waals surface area contributed by atoms with Gasteiger partial charge in [0, 0.05) is 6.54 Å². The maximum absolute atomic E-state index is 11.8. The van der Waals surface area contributed by atoms with E-state index >= 15 is 0 Å². The molecule has 1 N–H and O–H groups in total. The molecule has 0 radical (unpaired) electrons. The molecule has 34 heavy (non-hydrogen) atoms. The third-order valence-corrected chi connectivity index (χ3v) is 5.07. The minimum atomic E-state index is -0.441. The lowest BCUT2D eigenvalue weighted by Crippen LogP contribution is -2.26. The lowest BCUT2D eigenvalue weighted by Gasteiger charge is -2.13. The Morgan fingerprint density at radius 2 is 1.68 bits per heavy atom. The van der Waals surface area contributed by atoms with Gasteiger partial charge in [-0.25, -0.2) is 9.69 Å². The predicted octanol–water partition coefficient (Wildman–Crippen LogP) is 5.72. The molecule has 0 atom stereocenters. The number of aromatic nitrogens is 3. The van der Waals surface area contributed by atoms with Crippen LogP contribution in [0.25, 0.3) is 10.8 Å². The molecule has 2 heterocycles. The number of nitrogens with one attached hydrogen (secondary N) is 1. The predicted molar refractivity (Wildman–Crippen MR) is 132 cm³/mol. The van der Waals surface area contributed by atoms with Gasteiger partial charge in [-0.15, -0.1) is 0 Å². The van der Waals surface area contributed by atoms with Crippen molar-refractivity contribution in [2.75, 3.05) is 23.4 Å². The molecule has 0 spiro atoms. The van der Waals surface area contributed by atoms with E-state index in [4.69, 9.17) is 9.47 Å². The van der Waals surface area contributed by atoms with Gasteiger partial charge in [-0.05, 0) is 47.5 Å². The Morgan fingerprint density at radius 3 is 2.41 bits per heavy atom. The Hall–Kier alpha value is -4.20. The average Bonchev–Trinajstić information content (AvgIpc) is 3.30. The van der Waals surface area contributed by atoms with Crippen LogP contribution < -0.4 is 15.0 Å². The van der Waals surface area contributed by atoms with Crippen molar-refractivity contribution in [3.63, 3.8) is 0 Å². The summed E-state index contributed by atoms with van der Waals surface area (Å²) < 4.78 is 11.0. The third-order valence-electron chi connectivity index (χ3n) is 5.07. The van der Waals surface area contributed by atoms with Gasteiger partial charge in [-0.1, -0.05) is 56.3 Å². The van der Waals surface area contributed by atoms with Gasteiger partial charge in [0.05, 0.1) is 6.54 Å². The molecule has 0 bridgehead atoms. The normalized spacial score (nSPS) is 12.7. The van der Waals surface area contributed by atoms with Gasteiger partial charge in [0.25, 0.3) is 0 Å². The number of fused-ring (bicyclic) bond motifs is 1. The monoisotopic (exact) mass is 457 g/mol. The summed E-state index contributed by atoms with van der Waals surface area (Å²) >= 11 is 0. The molecule has 0 unspecified atom stereocenters. The zero-order valence-electron chi connectivity index (χ0n) is 19.5. The molecule has 0 saturated carbocycles. The maximum atomic E-state index is 11.8. The number of rotatable bonds is 6. The Kier molecular flexibility index (Phi) is 7.17. The molecule has 8 heteroatoms. The zero-order valence-corrected chi connectivity index (χ0v) is 19.5. The van der Waals surface area contributed by atoms with Gasteiger partial charge in [-0.2, -0.15) is 15.0 Å². The van der Waals surface area contributed by atoms with Crippen LogP contribution in [0.5, 0.6) is 11.5 Å². The van der Waals surface area contributed by atoms with E-state index in [-0.39, 0.29) is 0 Å². The Balaban J connectivity index is 0.00000133. The van der Waals surface area contributed by atoms with Crippen LogP contribution in [-0.2, 0) is 11.3 Å². The molecule has 174 valence electrons. The average molecular weight is 458 g/mol. The molecule has 5 rings (SSSR count). The van der Waals surface area contributed by atoms with E-state index in [0.29, 0.717) is 37.4 Å². The first-order valence-corrected chi connectivity index (χ1v) is 11.3. The SMILES string of the molecule is CC.Cc1nc(NCc2ccc(Oc3ccc4ccccc4c3)cc2)nc(N2CCOC2=O)n1.